The lowest BCUT2D eigenvalue weighted by atomic mass is 10.2. The molecule has 1 aromatic rings. The number of anilines is 1. The van der Waals surface area contributed by atoms with E-state index in [0.29, 0.717) is 11.6 Å². The van der Waals surface area contributed by atoms with Crippen LogP contribution in [-0.2, 0) is 9.53 Å². The summed E-state index contributed by atoms with van der Waals surface area (Å²) in [6.45, 7) is 5.55. The van der Waals surface area contributed by atoms with Gasteiger partial charge in [-0.1, -0.05) is 17.7 Å². The molecule has 0 bridgehead atoms. The lowest BCUT2D eigenvalue weighted by molar-refractivity contribution is -0.135. The fraction of sp³-hybridized carbons (Fsp3) is 0.333. The van der Waals surface area contributed by atoms with Crippen LogP contribution in [0.3, 0.4) is 0 Å². The molecule has 0 aliphatic heterocycles. The lowest BCUT2D eigenvalue weighted by Gasteiger charge is -2.07. The highest BCUT2D eigenvalue weighted by molar-refractivity contribution is 6.35. The number of nitrogens with zero attached hydrogens (tertiary/aromatic N) is 1. The summed E-state index contributed by atoms with van der Waals surface area (Å²) in [6, 6.07) is 5.44. The van der Waals surface area contributed by atoms with Gasteiger partial charge in [0, 0.05) is 5.02 Å². The van der Waals surface area contributed by atoms with Crippen LogP contribution in [0.25, 0.3) is 0 Å². The first-order valence-electron chi connectivity index (χ1n) is 5.28. The van der Waals surface area contributed by atoms with Gasteiger partial charge in [-0.15, -0.1) is 0 Å². The van der Waals surface area contributed by atoms with E-state index in [4.69, 9.17) is 16.3 Å². The van der Waals surface area contributed by atoms with Crippen molar-refractivity contribution in [2.45, 2.75) is 20.8 Å². The third kappa shape index (κ3) is 3.75. The number of benzene rings is 1. The largest absolute Gasteiger partial charge is 0.461 e. The third-order valence-electron chi connectivity index (χ3n) is 2.18. The Morgan fingerprint density at radius 2 is 2.24 bits per heavy atom. The van der Waals surface area contributed by atoms with E-state index in [9.17, 15) is 4.79 Å². The zero-order valence-corrected chi connectivity index (χ0v) is 10.8. The molecule has 0 aliphatic carbocycles. The van der Waals surface area contributed by atoms with E-state index < -0.39 is 5.97 Å². The molecule has 1 aromatic carbocycles. The zero-order valence-electron chi connectivity index (χ0n) is 10.1. The van der Waals surface area contributed by atoms with Gasteiger partial charge >= 0.3 is 5.97 Å². The molecular formula is C12H15ClN2O2. The standard InChI is InChI=1S/C12H15ClN2O2/c1-4-17-12(16)9(3)14-15-11-7-5-6-10(13)8(11)2/h5-7,15H,4H2,1-3H3/b14-9-. The van der Waals surface area contributed by atoms with Crippen molar-refractivity contribution < 1.29 is 9.53 Å². The molecule has 1 N–H and O–H groups in total. The SMILES string of the molecule is CCOC(=O)/C(C)=N\Nc1cccc(Cl)c1C. The van der Waals surface area contributed by atoms with Crippen molar-refractivity contribution in [2.75, 3.05) is 12.0 Å². The topological polar surface area (TPSA) is 50.7 Å². The molecule has 0 atom stereocenters. The predicted molar refractivity (Wildman–Crippen MR) is 69.6 cm³/mol. The number of carbonyl (C=O) groups is 1. The number of halogens is 1. The van der Waals surface area contributed by atoms with Gasteiger partial charge in [0.05, 0.1) is 12.3 Å². The molecule has 17 heavy (non-hydrogen) atoms. The average molecular weight is 255 g/mol. The van der Waals surface area contributed by atoms with Crippen molar-refractivity contribution in [2.24, 2.45) is 5.10 Å². The number of hydrazone groups is 1. The Hall–Kier alpha value is -1.55. The van der Waals surface area contributed by atoms with Crippen LogP contribution in [0.4, 0.5) is 5.69 Å². The van der Waals surface area contributed by atoms with E-state index in [2.05, 4.69) is 10.5 Å². The van der Waals surface area contributed by atoms with Crippen LogP contribution in [-0.4, -0.2) is 18.3 Å². The molecule has 0 saturated heterocycles. The Morgan fingerprint density at radius 1 is 1.53 bits per heavy atom. The summed E-state index contributed by atoms with van der Waals surface area (Å²) >= 11 is 5.96. The van der Waals surface area contributed by atoms with Crippen molar-refractivity contribution in [3.05, 3.63) is 28.8 Å². The molecule has 0 saturated carbocycles. The average Bonchev–Trinajstić information content (AvgIpc) is 2.31. The highest BCUT2D eigenvalue weighted by atomic mass is 35.5. The van der Waals surface area contributed by atoms with E-state index in [-0.39, 0.29) is 5.71 Å². The van der Waals surface area contributed by atoms with Gasteiger partial charge in [0.2, 0.25) is 0 Å². The second-order valence-corrected chi connectivity index (χ2v) is 3.85. The number of ether oxygens (including phenoxy) is 1. The van der Waals surface area contributed by atoms with E-state index in [0.717, 1.165) is 11.3 Å². The van der Waals surface area contributed by atoms with Crippen LogP contribution in [0.2, 0.25) is 5.02 Å². The molecule has 0 fully saturated rings. The quantitative estimate of drug-likeness (QED) is 0.511. The van der Waals surface area contributed by atoms with Gasteiger partial charge in [0.15, 0.2) is 0 Å². The van der Waals surface area contributed by atoms with Gasteiger partial charge in [0.1, 0.15) is 5.71 Å². The lowest BCUT2D eigenvalue weighted by Crippen LogP contribution is -2.15. The van der Waals surface area contributed by atoms with Gasteiger partial charge in [-0.05, 0) is 38.5 Å². The zero-order chi connectivity index (χ0) is 12.8. The Kier molecular flexibility index (Phi) is 4.97. The number of rotatable bonds is 4. The highest BCUT2D eigenvalue weighted by Gasteiger charge is 2.06. The summed E-state index contributed by atoms with van der Waals surface area (Å²) < 4.78 is 4.81. The fourth-order valence-electron chi connectivity index (χ4n) is 1.15. The fourth-order valence-corrected chi connectivity index (χ4v) is 1.33. The summed E-state index contributed by atoms with van der Waals surface area (Å²) in [5, 5.41) is 4.60. The minimum absolute atomic E-state index is 0.270. The molecule has 4 nitrogen and oxygen atoms in total. The number of nitrogens with one attached hydrogen (secondary N) is 1. The predicted octanol–water partition coefficient (Wildman–Crippen LogP) is 3.00. The molecular weight excluding hydrogens is 240 g/mol. The second-order valence-electron chi connectivity index (χ2n) is 3.44. The first kappa shape index (κ1) is 13.5. The molecule has 5 heteroatoms. The van der Waals surface area contributed by atoms with Crippen molar-refractivity contribution in [1.29, 1.82) is 0 Å². The molecule has 0 aliphatic rings. The van der Waals surface area contributed by atoms with Crippen LogP contribution in [0.15, 0.2) is 23.3 Å². The Bertz CT molecular complexity index is 444. The maximum Gasteiger partial charge on any atom is 0.354 e. The molecule has 92 valence electrons. The van der Waals surface area contributed by atoms with Crippen LogP contribution in [0.1, 0.15) is 19.4 Å². The van der Waals surface area contributed by atoms with Crippen LogP contribution in [0, 0.1) is 6.92 Å². The summed E-state index contributed by atoms with van der Waals surface area (Å²) in [5.74, 6) is -0.431. The van der Waals surface area contributed by atoms with Crippen molar-refractivity contribution in [3.63, 3.8) is 0 Å². The first-order chi connectivity index (χ1) is 8.06. The van der Waals surface area contributed by atoms with Gasteiger partial charge in [-0.2, -0.15) is 5.10 Å². The third-order valence-corrected chi connectivity index (χ3v) is 2.59. The van der Waals surface area contributed by atoms with E-state index in [1.807, 2.05) is 19.1 Å². The van der Waals surface area contributed by atoms with E-state index >= 15 is 0 Å². The van der Waals surface area contributed by atoms with Crippen molar-refractivity contribution in [1.82, 2.24) is 0 Å². The molecule has 0 spiro atoms. The molecule has 0 unspecified atom stereocenters. The summed E-state index contributed by atoms with van der Waals surface area (Å²) in [5.41, 5.74) is 4.71. The first-order valence-corrected chi connectivity index (χ1v) is 5.66. The van der Waals surface area contributed by atoms with Crippen molar-refractivity contribution in [3.8, 4) is 0 Å². The monoisotopic (exact) mass is 254 g/mol. The minimum atomic E-state index is -0.431. The maximum absolute atomic E-state index is 11.3. The minimum Gasteiger partial charge on any atom is -0.461 e. The number of hydrogen-bond donors (Lipinski definition) is 1. The Labute approximate surface area is 106 Å². The normalized spacial score (nSPS) is 11.2. The van der Waals surface area contributed by atoms with E-state index in [1.54, 1.807) is 19.9 Å². The van der Waals surface area contributed by atoms with Crippen molar-refractivity contribution >= 4 is 29.0 Å². The Balaban J connectivity index is 2.75. The Morgan fingerprint density at radius 3 is 2.88 bits per heavy atom. The summed E-state index contributed by atoms with van der Waals surface area (Å²) in [6.07, 6.45) is 0. The van der Waals surface area contributed by atoms with Gasteiger partial charge < -0.3 is 4.74 Å². The van der Waals surface area contributed by atoms with Crippen LogP contribution in [0.5, 0.6) is 0 Å². The number of esters is 1. The van der Waals surface area contributed by atoms with Gasteiger partial charge in [-0.3, -0.25) is 5.43 Å². The highest BCUT2D eigenvalue weighted by Crippen LogP contribution is 2.22. The summed E-state index contributed by atoms with van der Waals surface area (Å²) in [7, 11) is 0. The number of hydrogen-bond acceptors (Lipinski definition) is 4. The maximum atomic E-state index is 11.3. The molecule has 1 rings (SSSR count). The second kappa shape index (κ2) is 6.25. The van der Waals surface area contributed by atoms with Crippen LogP contribution < -0.4 is 5.43 Å². The number of carbonyl (C=O) groups excluding carboxylic acids is 1. The summed E-state index contributed by atoms with van der Waals surface area (Å²) in [4.78, 5) is 11.3. The van der Waals surface area contributed by atoms with Gasteiger partial charge in [0.25, 0.3) is 0 Å². The van der Waals surface area contributed by atoms with Gasteiger partial charge in [-0.25, -0.2) is 4.79 Å². The molecule has 0 aromatic heterocycles. The molecule has 0 heterocycles. The molecule has 0 amide bonds. The van der Waals surface area contributed by atoms with E-state index in [1.165, 1.54) is 0 Å². The van der Waals surface area contributed by atoms with Crippen LogP contribution >= 0.6 is 11.6 Å². The smallest absolute Gasteiger partial charge is 0.354 e. The molecule has 0 radical (unpaired) electrons.